The smallest absolute Gasteiger partial charge is 0.412 e. The number of amides is 2. The van der Waals surface area contributed by atoms with E-state index in [1.807, 2.05) is 26.0 Å². The lowest BCUT2D eigenvalue weighted by atomic mass is 9.90. The van der Waals surface area contributed by atoms with Crippen LogP contribution < -0.4 is 10.1 Å². The van der Waals surface area contributed by atoms with Gasteiger partial charge in [-0.15, -0.1) is 0 Å². The van der Waals surface area contributed by atoms with E-state index in [-0.39, 0.29) is 29.6 Å². The molecule has 2 unspecified atom stereocenters. The Balaban J connectivity index is 2.14. The number of halogens is 4. The summed E-state index contributed by atoms with van der Waals surface area (Å²) in [5.41, 5.74) is 1.96. The molecule has 0 radical (unpaired) electrons. The number of aryl methyl sites for hydroxylation is 2. The maximum Gasteiger partial charge on any atom is 0.412 e. The molecule has 1 fully saturated rings. The number of rotatable bonds is 14. The molecule has 1 aliphatic rings. The molecule has 0 aromatic heterocycles. The molecule has 2 aromatic carbocycles. The molecule has 3 atom stereocenters. The highest BCUT2D eigenvalue weighted by atomic mass is 19.4. The number of hydrogen-bond donors (Lipinski definition) is 2. The van der Waals surface area contributed by atoms with Crippen LogP contribution in [-0.2, 0) is 19.1 Å². The van der Waals surface area contributed by atoms with Gasteiger partial charge in [-0.2, -0.15) is 13.2 Å². The van der Waals surface area contributed by atoms with Gasteiger partial charge < -0.3 is 24.8 Å². The number of carbonyl (C=O) groups excluding carboxylic acids is 2. The van der Waals surface area contributed by atoms with E-state index in [9.17, 15) is 32.7 Å². The second-order valence-electron chi connectivity index (χ2n) is 13.1. The van der Waals surface area contributed by atoms with Crippen LogP contribution in [0.1, 0.15) is 68.8 Å². The molecule has 0 aliphatic carbocycles. The minimum atomic E-state index is -4.77. The number of carboxylic acids is 1. The van der Waals surface area contributed by atoms with Crippen molar-refractivity contribution in [2.75, 3.05) is 27.3 Å². The van der Waals surface area contributed by atoms with Crippen molar-refractivity contribution in [2.45, 2.75) is 91.8 Å². The number of carbonyl (C=O) groups is 3. The van der Waals surface area contributed by atoms with E-state index in [2.05, 4.69) is 5.32 Å². The zero-order valence-electron chi connectivity index (χ0n) is 29.5. The van der Waals surface area contributed by atoms with Gasteiger partial charge >= 0.3 is 12.1 Å². The van der Waals surface area contributed by atoms with Gasteiger partial charge in [0.1, 0.15) is 17.6 Å². The number of ether oxygens (including phenoxy) is 2. The third kappa shape index (κ3) is 9.39. The molecule has 2 amide bonds. The van der Waals surface area contributed by atoms with E-state index in [1.54, 1.807) is 31.7 Å². The van der Waals surface area contributed by atoms with Crippen molar-refractivity contribution >= 4 is 17.8 Å². The average molecular weight is 694 g/mol. The van der Waals surface area contributed by atoms with Gasteiger partial charge in [0.05, 0.1) is 31.8 Å². The third-order valence-electron chi connectivity index (χ3n) is 9.00. The van der Waals surface area contributed by atoms with E-state index < -0.39 is 60.0 Å². The van der Waals surface area contributed by atoms with E-state index in [4.69, 9.17) is 9.47 Å². The molecule has 0 spiro atoms. The topological polar surface area (TPSA) is 108 Å². The van der Waals surface area contributed by atoms with Crippen molar-refractivity contribution in [1.29, 1.82) is 0 Å². The predicted molar refractivity (Wildman–Crippen MR) is 177 cm³/mol. The number of alkyl halides is 3. The number of hydrogen-bond acceptors (Lipinski definition) is 6. The molecule has 2 N–H and O–H groups in total. The number of nitrogens with one attached hydrogen (secondary N) is 1. The van der Waals surface area contributed by atoms with Gasteiger partial charge in [-0.05, 0) is 93.0 Å². The number of methoxy groups -OCH3 is 2. The Morgan fingerprint density at radius 3 is 2.24 bits per heavy atom. The van der Waals surface area contributed by atoms with Gasteiger partial charge in [0, 0.05) is 37.4 Å². The maximum absolute atomic E-state index is 15.9. The molecule has 0 bridgehead atoms. The first kappa shape index (κ1) is 39.5. The molecule has 1 heterocycles. The first-order valence-corrected chi connectivity index (χ1v) is 16.1. The van der Waals surface area contributed by atoms with Crippen LogP contribution >= 0.6 is 0 Å². The van der Waals surface area contributed by atoms with Gasteiger partial charge in [-0.1, -0.05) is 19.9 Å². The van der Waals surface area contributed by atoms with Crippen LogP contribution in [-0.4, -0.2) is 84.5 Å². The first-order chi connectivity index (χ1) is 22.8. The minimum absolute atomic E-state index is 0.0336. The molecule has 0 saturated carbocycles. The number of carboxylic acid groups (broad SMARTS) is 1. The highest BCUT2D eigenvalue weighted by Crippen LogP contribution is 2.37. The van der Waals surface area contributed by atoms with Crippen LogP contribution in [0, 0.1) is 32.5 Å². The minimum Gasteiger partial charge on any atom is -0.496 e. The molecule has 1 saturated heterocycles. The second kappa shape index (κ2) is 16.2. The van der Waals surface area contributed by atoms with Crippen molar-refractivity contribution in [3.05, 3.63) is 64.0 Å². The van der Waals surface area contributed by atoms with Gasteiger partial charge in [-0.3, -0.25) is 19.3 Å². The summed E-state index contributed by atoms with van der Waals surface area (Å²) >= 11 is 0. The Labute approximate surface area is 285 Å². The zero-order valence-corrected chi connectivity index (χ0v) is 29.5. The Morgan fingerprint density at radius 2 is 1.71 bits per heavy atom. The molecule has 270 valence electrons. The molecule has 1 aliphatic heterocycles. The standard InChI is InChI=1S/C36H47F4N3O6/c1-19(2)12-29(43(24(7)42-17-26(18-42)48-8)31(44)14-22(5)36(38,39)40)35(47)41-28(16-32(45)46)27-15-25(13-21(4)34(27)37)33-20(3)10-11-30(49-9)23(33)6/h10-11,13-15,19,24,26,28-29H,12,16-18H2,1-9H3,(H,41,47)(H,45,46)/b22-14+/t24?,28-,29?/m0/s1. The van der Waals surface area contributed by atoms with E-state index >= 15 is 4.39 Å². The van der Waals surface area contributed by atoms with Gasteiger partial charge in [0.15, 0.2) is 0 Å². The average Bonchev–Trinajstić information content (AvgIpc) is 2.96. The number of likely N-dealkylation sites (tertiary alicyclic amines) is 1. The lowest BCUT2D eigenvalue weighted by molar-refractivity contribution is -0.152. The molecular weight excluding hydrogens is 646 g/mol. The van der Waals surface area contributed by atoms with Crippen molar-refractivity contribution in [3.8, 4) is 16.9 Å². The lowest BCUT2D eigenvalue weighted by Gasteiger charge is -2.48. The van der Waals surface area contributed by atoms with Crippen molar-refractivity contribution in [1.82, 2.24) is 15.1 Å². The summed E-state index contributed by atoms with van der Waals surface area (Å²) < 4.78 is 67.4. The molecule has 2 aromatic rings. The summed E-state index contributed by atoms with van der Waals surface area (Å²) in [6, 6.07) is 4.07. The van der Waals surface area contributed by atoms with Crippen molar-refractivity contribution in [3.63, 3.8) is 0 Å². The number of aliphatic carboxylic acids is 1. The molecular formula is C36H47F4N3O6. The quantitative estimate of drug-likeness (QED) is 0.172. The summed E-state index contributed by atoms with van der Waals surface area (Å²) in [7, 11) is 3.05. The Morgan fingerprint density at radius 1 is 1.08 bits per heavy atom. The van der Waals surface area contributed by atoms with Crippen molar-refractivity contribution in [2.24, 2.45) is 5.92 Å². The normalized spacial score (nSPS) is 16.2. The van der Waals surface area contributed by atoms with E-state index in [0.29, 0.717) is 30.5 Å². The van der Waals surface area contributed by atoms with Crippen LogP contribution in [0.15, 0.2) is 35.9 Å². The van der Waals surface area contributed by atoms with E-state index in [0.717, 1.165) is 28.5 Å². The fourth-order valence-corrected chi connectivity index (χ4v) is 6.20. The molecule has 49 heavy (non-hydrogen) atoms. The summed E-state index contributed by atoms with van der Waals surface area (Å²) in [4.78, 5) is 42.9. The molecule has 13 heteroatoms. The van der Waals surface area contributed by atoms with Crippen LogP contribution in [0.5, 0.6) is 5.75 Å². The highest BCUT2D eigenvalue weighted by molar-refractivity contribution is 5.94. The molecule has 3 rings (SSSR count). The maximum atomic E-state index is 15.9. The monoisotopic (exact) mass is 693 g/mol. The van der Waals surface area contributed by atoms with Crippen LogP contribution in [0.3, 0.4) is 0 Å². The molecule has 9 nitrogen and oxygen atoms in total. The summed E-state index contributed by atoms with van der Waals surface area (Å²) in [5, 5.41) is 12.6. The van der Waals surface area contributed by atoms with Gasteiger partial charge in [-0.25, -0.2) is 4.39 Å². The predicted octanol–water partition coefficient (Wildman–Crippen LogP) is 6.49. The van der Waals surface area contributed by atoms with Crippen LogP contribution in [0.4, 0.5) is 17.6 Å². The second-order valence-corrected chi connectivity index (χ2v) is 13.1. The number of nitrogens with zero attached hydrogens (tertiary/aromatic N) is 2. The Kier molecular flexibility index (Phi) is 13.0. The van der Waals surface area contributed by atoms with Gasteiger partial charge in [0.2, 0.25) is 11.8 Å². The fraction of sp³-hybridized carbons (Fsp3) is 0.528. The zero-order chi connectivity index (χ0) is 37.0. The summed E-state index contributed by atoms with van der Waals surface area (Å²) in [6.45, 7) is 12.0. The third-order valence-corrected chi connectivity index (χ3v) is 9.00. The van der Waals surface area contributed by atoms with Crippen LogP contribution in [0.25, 0.3) is 11.1 Å². The number of allylic oxidation sites excluding steroid dienone is 1. The van der Waals surface area contributed by atoms with Crippen LogP contribution in [0.2, 0.25) is 0 Å². The Bertz CT molecular complexity index is 1570. The number of benzene rings is 2. The summed E-state index contributed by atoms with van der Waals surface area (Å²) in [5.74, 6) is -3.51. The van der Waals surface area contributed by atoms with Gasteiger partial charge in [0.25, 0.3) is 0 Å². The largest absolute Gasteiger partial charge is 0.496 e. The fourth-order valence-electron chi connectivity index (χ4n) is 6.20. The van der Waals surface area contributed by atoms with E-state index in [1.165, 1.54) is 27.2 Å². The highest BCUT2D eigenvalue weighted by Gasteiger charge is 2.41. The Hall–Kier alpha value is -3.97. The van der Waals surface area contributed by atoms with Crippen molar-refractivity contribution < 1.29 is 46.5 Å². The summed E-state index contributed by atoms with van der Waals surface area (Å²) in [6.07, 6.45) is -5.96. The lowest BCUT2D eigenvalue weighted by Crippen LogP contribution is -2.64. The SMILES string of the molecule is COc1ccc(C)c(-c2cc(C)c(F)c([C@H](CC(=O)O)NC(=O)C(CC(C)C)N(C(=O)/C=C(\C)C(F)(F)F)C(C)N3CC(OC)C3)c2)c1C. The first-order valence-electron chi connectivity index (χ1n) is 16.1.